The van der Waals surface area contributed by atoms with Gasteiger partial charge in [0.05, 0.1) is 22.4 Å². The van der Waals surface area contributed by atoms with E-state index in [4.69, 9.17) is 0 Å². The number of para-hydroxylation sites is 2. The topological polar surface area (TPSA) is 78.4 Å². The first kappa shape index (κ1) is 19.9. The van der Waals surface area contributed by atoms with Crippen molar-refractivity contribution in [2.45, 2.75) is 6.18 Å². The first-order valence-corrected chi connectivity index (χ1v) is 8.42. The molecule has 8 heteroatoms. The van der Waals surface area contributed by atoms with Gasteiger partial charge in [0, 0.05) is 5.69 Å². The maximum Gasteiger partial charge on any atom is 0.416 e. The Bertz CT molecular complexity index is 1060. The Kier molecular flexibility index (Phi) is 5.54. The van der Waals surface area contributed by atoms with Crippen molar-refractivity contribution in [1.29, 1.82) is 0 Å². The number of carbonyl (C=O) groups is 2. The highest BCUT2D eigenvalue weighted by Crippen LogP contribution is 2.31. The van der Waals surface area contributed by atoms with Gasteiger partial charge in [-0.25, -0.2) is 0 Å². The molecule has 0 saturated heterocycles. The normalized spacial score (nSPS) is 11.0. The summed E-state index contributed by atoms with van der Waals surface area (Å²) in [6, 6.07) is 16.2. The van der Waals surface area contributed by atoms with Crippen molar-refractivity contribution in [2.24, 2.45) is 0 Å². The lowest BCUT2D eigenvalue weighted by atomic mass is 10.1. The zero-order chi connectivity index (χ0) is 21.0. The molecule has 0 unspecified atom stereocenters. The number of carbonyl (C=O) groups excluding carboxylic acids is 2. The molecule has 0 spiro atoms. The van der Waals surface area contributed by atoms with E-state index < -0.39 is 23.6 Å². The highest BCUT2D eigenvalue weighted by Gasteiger charge is 2.30. The van der Waals surface area contributed by atoms with Gasteiger partial charge in [0.1, 0.15) is 5.75 Å². The van der Waals surface area contributed by atoms with Crippen molar-refractivity contribution in [1.82, 2.24) is 0 Å². The van der Waals surface area contributed by atoms with Gasteiger partial charge in [-0.3, -0.25) is 9.59 Å². The van der Waals surface area contributed by atoms with Crippen LogP contribution < -0.4 is 10.6 Å². The van der Waals surface area contributed by atoms with Crippen molar-refractivity contribution in [2.75, 3.05) is 10.6 Å². The molecule has 5 nitrogen and oxygen atoms in total. The molecular formula is C21H15F3N2O3. The molecule has 0 aliphatic rings. The molecule has 3 aromatic rings. The fourth-order valence-corrected chi connectivity index (χ4v) is 2.62. The Balaban J connectivity index is 1.83. The summed E-state index contributed by atoms with van der Waals surface area (Å²) in [7, 11) is 0. The molecule has 0 atom stereocenters. The van der Waals surface area contributed by atoms with Crippen LogP contribution in [0, 0.1) is 0 Å². The molecule has 148 valence electrons. The average molecular weight is 400 g/mol. The maximum absolute atomic E-state index is 12.8. The van der Waals surface area contributed by atoms with Gasteiger partial charge in [0.15, 0.2) is 0 Å². The van der Waals surface area contributed by atoms with E-state index >= 15 is 0 Å². The fraction of sp³-hybridized carbons (Fsp3) is 0.0476. The number of halogens is 3. The number of hydrogen-bond donors (Lipinski definition) is 3. The predicted molar refractivity (Wildman–Crippen MR) is 102 cm³/mol. The molecule has 3 rings (SSSR count). The minimum absolute atomic E-state index is 0.0144. The molecule has 3 N–H and O–H groups in total. The zero-order valence-electron chi connectivity index (χ0n) is 14.8. The van der Waals surface area contributed by atoms with Gasteiger partial charge in [-0.15, -0.1) is 0 Å². The summed E-state index contributed by atoms with van der Waals surface area (Å²) in [6.45, 7) is 0. The second kappa shape index (κ2) is 8.05. The fourth-order valence-electron chi connectivity index (χ4n) is 2.62. The molecule has 3 aromatic carbocycles. The summed E-state index contributed by atoms with van der Waals surface area (Å²) in [6.07, 6.45) is -4.54. The SMILES string of the molecule is O=C(Nc1ccccc1C(=O)Nc1cccc(C(F)(F)F)c1)c1ccccc1O. The number of rotatable bonds is 4. The lowest BCUT2D eigenvalue weighted by molar-refractivity contribution is -0.137. The zero-order valence-corrected chi connectivity index (χ0v) is 14.8. The lowest BCUT2D eigenvalue weighted by Crippen LogP contribution is -2.18. The molecule has 29 heavy (non-hydrogen) atoms. The third kappa shape index (κ3) is 4.73. The number of aromatic hydroxyl groups is 1. The number of benzene rings is 3. The summed E-state index contributed by atoms with van der Waals surface area (Å²) in [5.41, 5.74) is -0.720. The van der Waals surface area contributed by atoms with Crippen LogP contribution >= 0.6 is 0 Å². The van der Waals surface area contributed by atoms with Crippen LogP contribution in [0.5, 0.6) is 5.75 Å². The monoisotopic (exact) mass is 400 g/mol. The largest absolute Gasteiger partial charge is 0.507 e. The smallest absolute Gasteiger partial charge is 0.416 e. The van der Waals surface area contributed by atoms with E-state index in [-0.39, 0.29) is 28.3 Å². The minimum atomic E-state index is -4.54. The van der Waals surface area contributed by atoms with E-state index in [0.717, 1.165) is 12.1 Å². The third-order valence-corrected chi connectivity index (χ3v) is 4.02. The molecule has 0 radical (unpaired) electrons. The summed E-state index contributed by atoms with van der Waals surface area (Å²) >= 11 is 0. The van der Waals surface area contributed by atoms with Crippen molar-refractivity contribution in [3.63, 3.8) is 0 Å². The number of hydrogen-bond acceptors (Lipinski definition) is 3. The van der Waals surface area contributed by atoms with Crippen LogP contribution in [0.2, 0.25) is 0 Å². The Morgan fingerprint density at radius 3 is 2.07 bits per heavy atom. The molecule has 0 fully saturated rings. The van der Waals surface area contributed by atoms with Gasteiger partial charge in [0.2, 0.25) is 0 Å². The summed E-state index contributed by atoms with van der Waals surface area (Å²) in [5, 5.41) is 14.7. The van der Waals surface area contributed by atoms with E-state index in [9.17, 15) is 27.9 Å². The molecule has 0 saturated carbocycles. The van der Waals surface area contributed by atoms with Crippen molar-refractivity contribution in [3.8, 4) is 5.75 Å². The van der Waals surface area contributed by atoms with E-state index in [1.54, 1.807) is 24.3 Å². The Hall–Kier alpha value is -3.81. The van der Waals surface area contributed by atoms with E-state index in [1.807, 2.05) is 0 Å². The number of phenols is 1. The number of alkyl halides is 3. The summed E-state index contributed by atoms with van der Waals surface area (Å²) in [5.74, 6) is -1.56. The second-order valence-corrected chi connectivity index (χ2v) is 6.05. The van der Waals surface area contributed by atoms with E-state index in [2.05, 4.69) is 10.6 Å². The van der Waals surface area contributed by atoms with Crippen LogP contribution in [-0.4, -0.2) is 16.9 Å². The summed E-state index contributed by atoms with van der Waals surface area (Å²) in [4.78, 5) is 25.0. The van der Waals surface area contributed by atoms with Gasteiger partial charge in [0.25, 0.3) is 11.8 Å². The number of amides is 2. The summed E-state index contributed by atoms with van der Waals surface area (Å²) < 4.78 is 38.5. The lowest BCUT2D eigenvalue weighted by Gasteiger charge is -2.13. The molecule has 0 aliphatic heterocycles. The van der Waals surface area contributed by atoms with Crippen LogP contribution in [0.3, 0.4) is 0 Å². The molecule has 0 aromatic heterocycles. The number of anilines is 2. The first-order valence-electron chi connectivity index (χ1n) is 8.42. The average Bonchev–Trinajstić information content (AvgIpc) is 2.68. The molecule has 2 amide bonds. The minimum Gasteiger partial charge on any atom is -0.507 e. The molecular weight excluding hydrogens is 385 g/mol. The van der Waals surface area contributed by atoms with Gasteiger partial charge in [-0.1, -0.05) is 30.3 Å². The van der Waals surface area contributed by atoms with Crippen molar-refractivity contribution in [3.05, 3.63) is 89.5 Å². The Morgan fingerprint density at radius 2 is 1.38 bits per heavy atom. The predicted octanol–water partition coefficient (Wildman–Crippen LogP) is 4.92. The highest BCUT2D eigenvalue weighted by molar-refractivity contribution is 6.13. The van der Waals surface area contributed by atoms with Crippen LogP contribution in [0.1, 0.15) is 26.3 Å². The number of nitrogens with one attached hydrogen (secondary N) is 2. The van der Waals surface area contributed by atoms with Crippen molar-refractivity contribution < 1.29 is 27.9 Å². The molecule has 0 aliphatic carbocycles. The van der Waals surface area contributed by atoms with Crippen LogP contribution in [0.25, 0.3) is 0 Å². The van der Waals surface area contributed by atoms with Gasteiger partial charge in [-0.2, -0.15) is 13.2 Å². The van der Waals surface area contributed by atoms with Gasteiger partial charge < -0.3 is 15.7 Å². The Labute approximate surface area is 163 Å². The van der Waals surface area contributed by atoms with Gasteiger partial charge >= 0.3 is 6.18 Å². The second-order valence-electron chi connectivity index (χ2n) is 6.05. The third-order valence-electron chi connectivity index (χ3n) is 4.02. The van der Waals surface area contributed by atoms with Gasteiger partial charge in [-0.05, 0) is 42.5 Å². The highest BCUT2D eigenvalue weighted by atomic mass is 19.4. The first-order chi connectivity index (χ1) is 13.8. The molecule has 0 heterocycles. The molecule has 0 bridgehead atoms. The van der Waals surface area contributed by atoms with Crippen LogP contribution in [0.4, 0.5) is 24.5 Å². The number of phenolic OH excluding ortho intramolecular Hbond substituents is 1. The van der Waals surface area contributed by atoms with Crippen LogP contribution in [-0.2, 0) is 6.18 Å². The standard InChI is InChI=1S/C21H15F3N2O3/c22-21(23,24)13-6-5-7-14(12-13)25-19(28)15-8-1-3-10-17(15)26-20(29)16-9-2-4-11-18(16)27/h1-12,27H,(H,25,28)(H,26,29). The van der Waals surface area contributed by atoms with E-state index in [0.29, 0.717) is 0 Å². The van der Waals surface area contributed by atoms with Crippen LogP contribution in [0.15, 0.2) is 72.8 Å². The van der Waals surface area contributed by atoms with Crippen molar-refractivity contribution >= 4 is 23.2 Å². The van der Waals surface area contributed by atoms with E-state index in [1.165, 1.54) is 36.4 Å². The quantitative estimate of drug-likeness (QED) is 0.582. The maximum atomic E-state index is 12.8. The Morgan fingerprint density at radius 1 is 0.759 bits per heavy atom.